The summed E-state index contributed by atoms with van der Waals surface area (Å²) in [5.74, 6) is 1.11. The van der Waals surface area contributed by atoms with Crippen molar-refractivity contribution in [3.8, 4) is 0 Å². The molecular weight excluding hydrogens is 258 g/mol. The number of benzene rings is 1. The maximum absolute atomic E-state index is 12.1. The number of aryl methyl sites for hydroxylation is 1. The van der Waals surface area contributed by atoms with Crippen molar-refractivity contribution in [3.63, 3.8) is 0 Å². The van der Waals surface area contributed by atoms with Gasteiger partial charge in [0.15, 0.2) is 0 Å². The summed E-state index contributed by atoms with van der Waals surface area (Å²) in [4.78, 5) is 14.1. The van der Waals surface area contributed by atoms with Gasteiger partial charge in [0.2, 0.25) is 5.91 Å². The van der Waals surface area contributed by atoms with Crippen molar-refractivity contribution in [3.05, 3.63) is 35.4 Å². The van der Waals surface area contributed by atoms with Crippen LogP contribution in [0.1, 0.15) is 68.4 Å². The lowest BCUT2D eigenvalue weighted by atomic mass is 9.84. The highest BCUT2D eigenvalue weighted by atomic mass is 16.2. The molecule has 0 N–H and O–H groups in total. The highest BCUT2D eigenvalue weighted by molar-refractivity contribution is 5.76. The molecule has 1 saturated heterocycles. The van der Waals surface area contributed by atoms with Crippen LogP contribution in [-0.4, -0.2) is 23.9 Å². The first-order valence-corrected chi connectivity index (χ1v) is 8.69. The van der Waals surface area contributed by atoms with Crippen molar-refractivity contribution in [1.82, 2.24) is 4.90 Å². The maximum atomic E-state index is 12.1. The molecule has 3 rings (SSSR count). The Kier molecular flexibility index (Phi) is 4.95. The van der Waals surface area contributed by atoms with Gasteiger partial charge < -0.3 is 4.90 Å². The monoisotopic (exact) mass is 285 g/mol. The molecule has 2 aliphatic rings. The third kappa shape index (κ3) is 3.87. The Balaban J connectivity index is 1.50. The highest BCUT2D eigenvalue weighted by Gasteiger charge is 2.18. The molecule has 0 radical (unpaired) electrons. The van der Waals surface area contributed by atoms with E-state index in [-0.39, 0.29) is 0 Å². The minimum Gasteiger partial charge on any atom is -0.343 e. The zero-order chi connectivity index (χ0) is 14.5. The summed E-state index contributed by atoms with van der Waals surface area (Å²) in [5, 5.41) is 0. The van der Waals surface area contributed by atoms with Gasteiger partial charge in [-0.1, -0.05) is 43.5 Å². The van der Waals surface area contributed by atoms with Crippen LogP contribution in [0.5, 0.6) is 0 Å². The average Bonchev–Trinajstić information content (AvgIpc) is 3.08. The Morgan fingerprint density at radius 1 is 0.952 bits per heavy atom. The molecule has 114 valence electrons. The van der Waals surface area contributed by atoms with Gasteiger partial charge in [-0.05, 0) is 49.1 Å². The van der Waals surface area contributed by atoms with E-state index in [0.717, 1.165) is 25.4 Å². The lowest BCUT2D eigenvalue weighted by molar-refractivity contribution is -0.130. The molecule has 0 unspecified atom stereocenters. The van der Waals surface area contributed by atoms with Gasteiger partial charge in [-0.3, -0.25) is 4.79 Å². The van der Waals surface area contributed by atoms with Gasteiger partial charge in [0, 0.05) is 19.5 Å². The van der Waals surface area contributed by atoms with E-state index in [2.05, 4.69) is 24.3 Å². The molecule has 1 aromatic carbocycles. The number of hydrogen-bond acceptors (Lipinski definition) is 1. The first-order valence-electron chi connectivity index (χ1n) is 8.69. The van der Waals surface area contributed by atoms with Crippen molar-refractivity contribution in [1.29, 1.82) is 0 Å². The van der Waals surface area contributed by atoms with E-state index in [1.54, 1.807) is 0 Å². The standard InChI is InChI=1S/C19H27NO/c21-19(20-14-4-5-15-20)13-10-16-8-11-18(12-9-16)17-6-2-1-3-7-17/h8-9,11-12,17H,1-7,10,13-15H2. The third-order valence-electron chi connectivity index (χ3n) is 5.14. The fourth-order valence-electron chi connectivity index (χ4n) is 3.77. The van der Waals surface area contributed by atoms with Crippen LogP contribution in [0.4, 0.5) is 0 Å². The summed E-state index contributed by atoms with van der Waals surface area (Å²) >= 11 is 0. The second-order valence-corrected chi connectivity index (χ2v) is 6.66. The van der Waals surface area contributed by atoms with Crippen LogP contribution in [0.15, 0.2) is 24.3 Å². The predicted molar refractivity (Wildman–Crippen MR) is 86.4 cm³/mol. The van der Waals surface area contributed by atoms with E-state index >= 15 is 0 Å². The molecule has 1 aromatic rings. The van der Waals surface area contributed by atoms with E-state index < -0.39 is 0 Å². The first-order chi connectivity index (χ1) is 10.3. The second kappa shape index (κ2) is 7.11. The Labute approximate surface area is 128 Å². The number of rotatable bonds is 4. The highest BCUT2D eigenvalue weighted by Crippen LogP contribution is 2.32. The van der Waals surface area contributed by atoms with E-state index in [1.807, 2.05) is 4.90 Å². The molecule has 2 fully saturated rings. The number of hydrogen-bond donors (Lipinski definition) is 0. The van der Waals surface area contributed by atoms with E-state index in [1.165, 1.54) is 56.1 Å². The summed E-state index contributed by atoms with van der Waals surface area (Å²) < 4.78 is 0. The topological polar surface area (TPSA) is 20.3 Å². The molecule has 1 heterocycles. The van der Waals surface area contributed by atoms with E-state index in [0.29, 0.717) is 12.3 Å². The number of likely N-dealkylation sites (tertiary alicyclic amines) is 1. The molecule has 1 amide bonds. The second-order valence-electron chi connectivity index (χ2n) is 6.66. The summed E-state index contributed by atoms with van der Waals surface area (Å²) in [7, 11) is 0. The van der Waals surface area contributed by atoms with Crippen LogP contribution in [-0.2, 0) is 11.2 Å². The normalized spacial score (nSPS) is 19.9. The first kappa shape index (κ1) is 14.6. The quantitative estimate of drug-likeness (QED) is 0.808. The molecule has 0 aromatic heterocycles. The smallest absolute Gasteiger partial charge is 0.222 e. The van der Waals surface area contributed by atoms with Crippen LogP contribution >= 0.6 is 0 Å². The molecule has 21 heavy (non-hydrogen) atoms. The summed E-state index contributed by atoms with van der Waals surface area (Å²) in [6.45, 7) is 1.94. The van der Waals surface area contributed by atoms with Gasteiger partial charge in [-0.15, -0.1) is 0 Å². The van der Waals surface area contributed by atoms with Gasteiger partial charge in [0.25, 0.3) is 0 Å². The van der Waals surface area contributed by atoms with Gasteiger partial charge >= 0.3 is 0 Å². The van der Waals surface area contributed by atoms with Gasteiger partial charge in [0.1, 0.15) is 0 Å². The molecule has 0 atom stereocenters. The van der Waals surface area contributed by atoms with Crippen molar-refractivity contribution in [2.45, 2.75) is 63.7 Å². The van der Waals surface area contributed by atoms with Crippen molar-refractivity contribution < 1.29 is 4.79 Å². The molecule has 2 heteroatoms. The summed E-state index contributed by atoms with van der Waals surface area (Å²) in [5.41, 5.74) is 2.81. The fraction of sp³-hybridized carbons (Fsp3) is 0.632. The Morgan fingerprint density at radius 3 is 2.29 bits per heavy atom. The Morgan fingerprint density at radius 2 is 1.62 bits per heavy atom. The van der Waals surface area contributed by atoms with E-state index in [4.69, 9.17) is 0 Å². The molecule has 0 bridgehead atoms. The minimum atomic E-state index is 0.337. The lowest BCUT2D eigenvalue weighted by Gasteiger charge is -2.22. The molecule has 0 spiro atoms. The van der Waals surface area contributed by atoms with Crippen LogP contribution in [0, 0.1) is 0 Å². The van der Waals surface area contributed by atoms with Gasteiger partial charge in [0.05, 0.1) is 0 Å². The van der Waals surface area contributed by atoms with Crippen LogP contribution in [0.25, 0.3) is 0 Å². The van der Waals surface area contributed by atoms with E-state index in [9.17, 15) is 4.79 Å². The van der Waals surface area contributed by atoms with Crippen molar-refractivity contribution >= 4 is 5.91 Å². The Hall–Kier alpha value is -1.31. The summed E-state index contributed by atoms with van der Waals surface area (Å²) in [6.07, 6.45) is 10.8. The fourth-order valence-corrected chi connectivity index (χ4v) is 3.77. The number of carbonyl (C=O) groups is 1. The number of carbonyl (C=O) groups excluding carboxylic acids is 1. The number of nitrogens with zero attached hydrogens (tertiary/aromatic N) is 1. The molecule has 2 nitrogen and oxygen atoms in total. The minimum absolute atomic E-state index is 0.337. The predicted octanol–water partition coefficient (Wildman–Crippen LogP) is 4.29. The summed E-state index contributed by atoms with van der Waals surface area (Å²) in [6, 6.07) is 9.07. The van der Waals surface area contributed by atoms with Crippen molar-refractivity contribution in [2.75, 3.05) is 13.1 Å². The average molecular weight is 285 g/mol. The number of amides is 1. The third-order valence-corrected chi connectivity index (χ3v) is 5.14. The lowest BCUT2D eigenvalue weighted by Crippen LogP contribution is -2.27. The Bertz CT molecular complexity index is 453. The zero-order valence-electron chi connectivity index (χ0n) is 13.0. The van der Waals surface area contributed by atoms with Gasteiger partial charge in [-0.25, -0.2) is 0 Å². The zero-order valence-corrected chi connectivity index (χ0v) is 13.0. The SMILES string of the molecule is O=C(CCc1ccc(C2CCCCC2)cc1)N1CCCC1. The molecular formula is C19H27NO. The van der Waals surface area contributed by atoms with Crippen molar-refractivity contribution in [2.24, 2.45) is 0 Å². The van der Waals surface area contributed by atoms with Gasteiger partial charge in [-0.2, -0.15) is 0 Å². The molecule has 1 aliphatic heterocycles. The molecule has 1 saturated carbocycles. The largest absolute Gasteiger partial charge is 0.343 e. The van der Waals surface area contributed by atoms with Crippen LogP contribution in [0.2, 0.25) is 0 Å². The van der Waals surface area contributed by atoms with Crippen LogP contribution < -0.4 is 0 Å². The maximum Gasteiger partial charge on any atom is 0.222 e. The molecule has 1 aliphatic carbocycles. The van der Waals surface area contributed by atoms with Crippen LogP contribution in [0.3, 0.4) is 0 Å².